The number of thioether (sulfide) groups is 1. The normalized spacial score (nSPS) is 17.3. The molecule has 2 aliphatic heterocycles. The van der Waals surface area contributed by atoms with Gasteiger partial charge in [0.15, 0.2) is 17.6 Å². The largest absolute Gasteiger partial charge is 0.458 e. The van der Waals surface area contributed by atoms with Crippen molar-refractivity contribution in [2.45, 2.75) is 31.4 Å². The standard InChI is InChI=1S/C34H30N2O9S/c1-20(37)43-26-16-15-24(18-27(26)44-21(2)38)33(40)42-17-9-14-25-19-46-32-28(35)31(39)36(32)29(25)34(41)45-30(22-10-5-3-6-11-22)23-12-7-4-8-13-23/h3-16,18,28,30,32H,17,19,35H2,1-2H3/b14-9+/t28?,32-/m1/s1. The Kier molecular flexibility index (Phi) is 9.99. The molecule has 2 heterocycles. The molecule has 0 radical (unpaired) electrons. The number of hydrogen-bond acceptors (Lipinski definition) is 11. The van der Waals surface area contributed by atoms with Gasteiger partial charge in [0.1, 0.15) is 23.7 Å². The molecule has 2 atom stereocenters. The highest BCUT2D eigenvalue weighted by atomic mass is 32.2. The number of benzene rings is 3. The molecule has 0 bridgehead atoms. The van der Waals surface area contributed by atoms with Gasteiger partial charge in [0.2, 0.25) is 5.91 Å². The van der Waals surface area contributed by atoms with Gasteiger partial charge in [-0.3, -0.25) is 19.3 Å². The summed E-state index contributed by atoms with van der Waals surface area (Å²) in [7, 11) is 0. The predicted molar refractivity (Wildman–Crippen MR) is 167 cm³/mol. The van der Waals surface area contributed by atoms with Crippen LogP contribution in [0.4, 0.5) is 0 Å². The Morgan fingerprint density at radius 1 is 0.891 bits per heavy atom. The zero-order valence-electron chi connectivity index (χ0n) is 24.9. The maximum Gasteiger partial charge on any atom is 0.356 e. The van der Waals surface area contributed by atoms with E-state index in [1.54, 1.807) is 6.08 Å². The number of nitrogens with two attached hydrogens (primary N) is 1. The second-order valence-corrected chi connectivity index (χ2v) is 11.4. The number of esters is 4. The molecule has 0 aliphatic carbocycles. The van der Waals surface area contributed by atoms with Gasteiger partial charge in [0.25, 0.3) is 0 Å². The Morgan fingerprint density at radius 3 is 2.11 bits per heavy atom. The number of ether oxygens (including phenoxy) is 4. The monoisotopic (exact) mass is 642 g/mol. The van der Waals surface area contributed by atoms with E-state index in [9.17, 15) is 24.0 Å². The Hall–Kier alpha value is -5.20. The van der Waals surface area contributed by atoms with Crippen LogP contribution < -0.4 is 15.2 Å². The van der Waals surface area contributed by atoms with Crippen LogP contribution in [0, 0.1) is 0 Å². The lowest BCUT2D eigenvalue weighted by Crippen LogP contribution is -2.68. The quantitative estimate of drug-likeness (QED) is 0.194. The van der Waals surface area contributed by atoms with Crippen molar-refractivity contribution in [1.29, 1.82) is 0 Å². The predicted octanol–water partition coefficient (Wildman–Crippen LogP) is 4.08. The molecule has 0 spiro atoms. The fraction of sp³-hybridized carbons (Fsp3) is 0.206. The minimum absolute atomic E-state index is 0.0272. The highest BCUT2D eigenvalue weighted by molar-refractivity contribution is 8.00. The number of carbonyl (C=O) groups excluding carboxylic acids is 5. The summed E-state index contributed by atoms with van der Waals surface area (Å²) in [6.07, 6.45) is 2.42. The molecule has 11 nitrogen and oxygen atoms in total. The fourth-order valence-corrected chi connectivity index (χ4v) is 6.18. The summed E-state index contributed by atoms with van der Waals surface area (Å²) >= 11 is 1.42. The molecular weight excluding hydrogens is 612 g/mol. The number of amides is 1. The van der Waals surface area contributed by atoms with E-state index in [-0.39, 0.29) is 29.4 Å². The second kappa shape index (κ2) is 14.3. The fourth-order valence-electron chi connectivity index (χ4n) is 4.91. The van der Waals surface area contributed by atoms with Crippen LogP contribution in [0.15, 0.2) is 102 Å². The molecule has 1 amide bonds. The molecule has 2 N–H and O–H groups in total. The average molecular weight is 643 g/mol. The molecule has 0 aromatic heterocycles. The van der Waals surface area contributed by atoms with E-state index in [0.717, 1.165) is 11.1 Å². The van der Waals surface area contributed by atoms with Gasteiger partial charge >= 0.3 is 23.9 Å². The van der Waals surface area contributed by atoms with Gasteiger partial charge in [-0.15, -0.1) is 11.8 Å². The number of hydrogen-bond donors (Lipinski definition) is 1. The van der Waals surface area contributed by atoms with Crippen molar-refractivity contribution in [2.24, 2.45) is 5.73 Å². The smallest absolute Gasteiger partial charge is 0.356 e. The topological polar surface area (TPSA) is 152 Å². The van der Waals surface area contributed by atoms with Gasteiger partial charge in [-0.1, -0.05) is 66.7 Å². The lowest BCUT2D eigenvalue weighted by molar-refractivity contribution is -0.153. The molecule has 0 saturated carbocycles. The number of nitrogens with zero attached hydrogens (tertiary/aromatic N) is 1. The summed E-state index contributed by atoms with van der Waals surface area (Å²) < 4.78 is 21.5. The van der Waals surface area contributed by atoms with Crippen molar-refractivity contribution >= 4 is 41.5 Å². The van der Waals surface area contributed by atoms with Crippen molar-refractivity contribution < 1.29 is 42.9 Å². The van der Waals surface area contributed by atoms with Gasteiger partial charge < -0.3 is 24.7 Å². The van der Waals surface area contributed by atoms with E-state index in [2.05, 4.69) is 0 Å². The molecule has 1 fully saturated rings. The zero-order chi connectivity index (χ0) is 32.8. The van der Waals surface area contributed by atoms with Crippen LogP contribution in [-0.2, 0) is 28.7 Å². The van der Waals surface area contributed by atoms with Crippen molar-refractivity contribution in [3.8, 4) is 11.5 Å². The van der Waals surface area contributed by atoms with Gasteiger partial charge in [0, 0.05) is 19.6 Å². The van der Waals surface area contributed by atoms with Crippen molar-refractivity contribution in [1.82, 2.24) is 4.90 Å². The third kappa shape index (κ3) is 7.19. The number of carbonyl (C=O) groups is 5. The maximum atomic E-state index is 13.8. The number of fused-ring (bicyclic) bond motifs is 1. The summed E-state index contributed by atoms with van der Waals surface area (Å²) in [5, 5.41) is -0.404. The Balaban J connectivity index is 1.35. The molecule has 3 aromatic carbocycles. The van der Waals surface area contributed by atoms with Gasteiger partial charge in [0.05, 0.1) is 5.56 Å². The summed E-state index contributed by atoms with van der Waals surface area (Å²) in [5.41, 5.74) is 8.20. The number of allylic oxidation sites excluding steroid dienone is 1. The highest BCUT2D eigenvalue weighted by Gasteiger charge is 2.52. The molecule has 3 aromatic rings. The first kappa shape index (κ1) is 32.2. The summed E-state index contributed by atoms with van der Waals surface area (Å²) in [4.78, 5) is 63.6. The van der Waals surface area contributed by atoms with Crippen LogP contribution in [0.2, 0.25) is 0 Å². The van der Waals surface area contributed by atoms with E-state index < -0.39 is 47.3 Å². The minimum Gasteiger partial charge on any atom is -0.458 e. The molecule has 46 heavy (non-hydrogen) atoms. The van der Waals surface area contributed by atoms with Crippen LogP contribution >= 0.6 is 11.8 Å². The van der Waals surface area contributed by atoms with Crippen molar-refractivity contribution in [3.05, 3.63) is 119 Å². The number of β-lactam (4-membered cyclic amide) rings is 1. The molecule has 5 rings (SSSR count). The van der Waals surface area contributed by atoms with Crippen LogP contribution in [0.5, 0.6) is 11.5 Å². The van der Waals surface area contributed by atoms with Crippen LogP contribution in [-0.4, -0.2) is 58.5 Å². The molecule has 236 valence electrons. The molecule has 1 unspecified atom stereocenters. The van der Waals surface area contributed by atoms with Gasteiger partial charge in [-0.05, 0) is 41.0 Å². The van der Waals surface area contributed by atoms with E-state index in [0.29, 0.717) is 11.3 Å². The Labute approximate surface area is 268 Å². The molecular formula is C34H30N2O9S. The maximum absolute atomic E-state index is 13.8. The lowest BCUT2D eigenvalue weighted by Gasteiger charge is -2.48. The van der Waals surface area contributed by atoms with Gasteiger partial charge in [-0.25, -0.2) is 9.59 Å². The number of rotatable bonds is 10. The van der Waals surface area contributed by atoms with Crippen molar-refractivity contribution in [2.75, 3.05) is 12.4 Å². The Morgan fingerprint density at radius 2 is 1.50 bits per heavy atom. The molecule has 12 heteroatoms. The molecule has 1 saturated heterocycles. The summed E-state index contributed by atoms with van der Waals surface area (Å²) in [6, 6.07) is 21.8. The summed E-state index contributed by atoms with van der Waals surface area (Å²) in [5.74, 6) is -2.90. The van der Waals surface area contributed by atoms with Crippen LogP contribution in [0.1, 0.15) is 41.4 Å². The molecule has 2 aliphatic rings. The zero-order valence-corrected chi connectivity index (χ0v) is 25.7. The second-order valence-electron chi connectivity index (χ2n) is 10.3. The average Bonchev–Trinajstić information content (AvgIpc) is 3.05. The first-order valence-electron chi connectivity index (χ1n) is 14.2. The summed E-state index contributed by atoms with van der Waals surface area (Å²) in [6.45, 7) is 2.18. The minimum atomic E-state index is -0.739. The van der Waals surface area contributed by atoms with Gasteiger partial charge in [-0.2, -0.15) is 0 Å². The third-order valence-electron chi connectivity index (χ3n) is 6.98. The van der Waals surface area contributed by atoms with Crippen molar-refractivity contribution in [3.63, 3.8) is 0 Å². The van der Waals surface area contributed by atoms with Crippen LogP contribution in [0.25, 0.3) is 0 Å². The van der Waals surface area contributed by atoms with E-state index >= 15 is 0 Å². The first-order chi connectivity index (χ1) is 22.1. The lowest BCUT2D eigenvalue weighted by atomic mass is 10.0. The Bertz CT molecular complexity index is 1680. The highest BCUT2D eigenvalue weighted by Crippen LogP contribution is 2.41. The van der Waals surface area contributed by atoms with E-state index in [4.69, 9.17) is 24.7 Å². The van der Waals surface area contributed by atoms with E-state index in [1.165, 1.54) is 54.8 Å². The van der Waals surface area contributed by atoms with Crippen LogP contribution in [0.3, 0.4) is 0 Å². The third-order valence-corrected chi connectivity index (χ3v) is 8.30. The first-order valence-corrected chi connectivity index (χ1v) is 15.3. The van der Waals surface area contributed by atoms with E-state index in [1.807, 2.05) is 60.7 Å². The SMILES string of the molecule is CC(=O)Oc1ccc(C(=O)OC/C=C/C2=C(C(=O)OC(c3ccccc3)c3ccccc3)N3C(=O)C(N)[C@H]3SC2)cc1OC(C)=O.